The van der Waals surface area contributed by atoms with Crippen molar-refractivity contribution in [3.63, 3.8) is 0 Å². The third-order valence-corrected chi connectivity index (χ3v) is 6.07. The van der Waals surface area contributed by atoms with E-state index in [0.29, 0.717) is 24.5 Å². The molecule has 0 radical (unpaired) electrons. The van der Waals surface area contributed by atoms with Crippen LogP contribution < -0.4 is 11.1 Å². The number of hydrogen-bond donors (Lipinski definition) is 2. The van der Waals surface area contributed by atoms with E-state index in [0.717, 1.165) is 18.5 Å². The second-order valence-corrected chi connectivity index (χ2v) is 8.11. The predicted molar refractivity (Wildman–Crippen MR) is 121 cm³/mol. The fourth-order valence-electron chi connectivity index (χ4n) is 4.33. The Labute approximate surface area is 184 Å². The fraction of sp³-hybridized carbons (Fsp3) is 0.650. The first-order chi connectivity index (χ1) is 12.5. The van der Waals surface area contributed by atoms with Gasteiger partial charge in [-0.05, 0) is 56.5 Å². The van der Waals surface area contributed by atoms with E-state index in [1.54, 1.807) is 12.1 Å². The van der Waals surface area contributed by atoms with Gasteiger partial charge < -0.3 is 11.1 Å². The van der Waals surface area contributed by atoms with Crippen LogP contribution in [0, 0.1) is 11.7 Å². The number of rotatable bonds is 4. The van der Waals surface area contributed by atoms with E-state index in [9.17, 15) is 4.39 Å². The van der Waals surface area contributed by atoms with Crippen molar-refractivity contribution in [1.29, 1.82) is 0 Å². The van der Waals surface area contributed by atoms with Gasteiger partial charge in [-0.15, -0.1) is 24.0 Å². The van der Waals surface area contributed by atoms with Crippen LogP contribution in [0.2, 0.25) is 5.02 Å². The minimum absolute atomic E-state index is 0. The average Bonchev–Trinajstić information content (AvgIpc) is 2.81. The number of likely N-dealkylation sites (tertiary alicyclic amines) is 1. The molecule has 7 heteroatoms. The molecule has 3 rings (SSSR count). The first kappa shape index (κ1) is 22.7. The van der Waals surface area contributed by atoms with E-state index in [2.05, 4.69) is 22.3 Å². The summed E-state index contributed by atoms with van der Waals surface area (Å²) in [5.41, 5.74) is 7.10. The molecule has 27 heavy (non-hydrogen) atoms. The van der Waals surface area contributed by atoms with E-state index in [1.165, 1.54) is 38.5 Å². The van der Waals surface area contributed by atoms with E-state index < -0.39 is 0 Å². The minimum atomic E-state index is -0.360. The van der Waals surface area contributed by atoms with Crippen molar-refractivity contribution in [2.75, 3.05) is 20.1 Å². The molecule has 1 aliphatic heterocycles. The summed E-state index contributed by atoms with van der Waals surface area (Å²) in [6.07, 6.45) is 8.56. The van der Waals surface area contributed by atoms with Crippen LogP contribution >= 0.6 is 35.6 Å². The van der Waals surface area contributed by atoms with Crippen molar-refractivity contribution >= 4 is 41.5 Å². The molecule has 2 atom stereocenters. The summed E-state index contributed by atoms with van der Waals surface area (Å²) in [4.78, 5) is 6.88. The smallest absolute Gasteiger partial charge is 0.188 e. The van der Waals surface area contributed by atoms with E-state index in [1.807, 2.05) is 6.07 Å². The molecular formula is C20H31ClFIN4. The van der Waals surface area contributed by atoms with Crippen LogP contribution in [0.5, 0.6) is 0 Å². The van der Waals surface area contributed by atoms with Crippen molar-refractivity contribution in [3.05, 3.63) is 34.6 Å². The second kappa shape index (κ2) is 10.8. The van der Waals surface area contributed by atoms with Gasteiger partial charge in [0, 0.05) is 18.6 Å². The topological polar surface area (TPSA) is 53.6 Å². The van der Waals surface area contributed by atoms with Crippen molar-refractivity contribution < 1.29 is 4.39 Å². The molecule has 2 unspecified atom stereocenters. The maximum atomic E-state index is 13.9. The maximum Gasteiger partial charge on any atom is 0.188 e. The number of aliphatic imine (C=N–C) groups is 1. The lowest BCUT2D eigenvalue weighted by Crippen LogP contribution is -2.40. The quantitative estimate of drug-likeness (QED) is 0.268. The summed E-state index contributed by atoms with van der Waals surface area (Å²) in [5, 5.41) is 3.57. The largest absolute Gasteiger partial charge is 0.370 e. The van der Waals surface area contributed by atoms with Gasteiger partial charge in [0.1, 0.15) is 5.82 Å². The van der Waals surface area contributed by atoms with Gasteiger partial charge in [0.05, 0.1) is 5.02 Å². The van der Waals surface area contributed by atoms with E-state index in [-0.39, 0.29) is 40.9 Å². The molecule has 1 saturated heterocycles. The zero-order valence-corrected chi connectivity index (χ0v) is 19.1. The van der Waals surface area contributed by atoms with Crippen molar-refractivity contribution in [2.24, 2.45) is 16.6 Å². The van der Waals surface area contributed by atoms with Gasteiger partial charge in [-0.2, -0.15) is 0 Å². The van der Waals surface area contributed by atoms with Crippen LogP contribution in [0.25, 0.3) is 0 Å². The highest BCUT2D eigenvalue weighted by molar-refractivity contribution is 14.0. The number of hydrogen-bond acceptors (Lipinski definition) is 2. The first-order valence-electron chi connectivity index (χ1n) is 9.76. The molecule has 2 fully saturated rings. The van der Waals surface area contributed by atoms with Gasteiger partial charge in [-0.25, -0.2) is 4.39 Å². The second-order valence-electron chi connectivity index (χ2n) is 7.71. The molecule has 1 aromatic carbocycles. The van der Waals surface area contributed by atoms with Crippen molar-refractivity contribution in [1.82, 2.24) is 10.2 Å². The van der Waals surface area contributed by atoms with Crippen LogP contribution in [0.1, 0.15) is 56.6 Å². The molecule has 1 aliphatic carbocycles. The number of benzene rings is 1. The lowest BCUT2D eigenvalue weighted by molar-refractivity contribution is 0.279. The first-order valence-corrected chi connectivity index (χ1v) is 10.1. The Morgan fingerprint density at radius 2 is 1.96 bits per heavy atom. The Morgan fingerprint density at radius 3 is 2.63 bits per heavy atom. The molecule has 4 nitrogen and oxygen atoms in total. The zero-order valence-electron chi connectivity index (χ0n) is 16.0. The molecule has 0 spiro atoms. The summed E-state index contributed by atoms with van der Waals surface area (Å²) < 4.78 is 13.9. The number of halogens is 3. The van der Waals surface area contributed by atoms with Crippen LogP contribution in [-0.2, 0) is 0 Å². The molecule has 1 saturated carbocycles. The Bertz CT molecular complexity index is 634. The number of nitrogens with zero attached hydrogens (tertiary/aromatic N) is 2. The van der Waals surface area contributed by atoms with Gasteiger partial charge in [-0.3, -0.25) is 9.89 Å². The summed E-state index contributed by atoms with van der Waals surface area (Å²) in [7, 11) is 2.08. The van der Waals surface area contributed by atoms with Gasteiger partial charge >= 0.3 is 0 Å². The predicted octanol–water partition coefficient (Wildman–Crippen LogP) is 4.72. The molecule has 1 aromatic rings. The van der Waals surface area contributed by atoms with Crippen LogP contribution in [0.3, 0.4) is 0 Å². The molecule has 0 amide bonds. The van der Waals surface area contributed by atoms with Gasteiger partial charge in [0.15, 0.2) is 5.96 Å². The third kappa shape index (κ3) is 6.19. The SMILES string of the molecule is CN1CCC(CN=C(N)NC2CCCCCC2)C1c1ccc(Cl)c(F)c1.I. The number of nitrogens with two attached hydrogens (primary N) is 1. The highest BCUT2D eigenvalue weighted by Crippen LogP contribution is 2.37. The zero-order chi connectivity index (χ0) is 18.5. The summed E-state index contributed by atoms with van der Waals surface area (Å²) in [6, 6.07) is 5.71. The normalized spacial score (nSPS) is 25.1. The molecule has 3 N–H and O–H groups in total. The molecule has 0 bridgehead atoms. The highest BCUT2D eigenvalue weighted by atomic mass is 127. The lowest BCUT2D eigenvalue weighted by atomic mass is 9.94. The van der Waals surface area contributed by atoms with Gasteiger partial charge in [0.25, 0.3) is 0 Å². The minimum Gasteiger partial charge on any atom is -0.370 e. The highest BCUT2D eigenvalue weighted by Gasteiger charge is 2.33. The number of nitrogens with one attached hydrogen (secondary N) is 1. The average molecular weight is 509 g/mol. The molecular weight excluding hydrogens is 478 g/mol. The Hall–Kier alpha value is -0.600. The van der Waals surface area contributed by atoms with E-state index >= 15 is 0 Å². The molecule has 0 aromatic heterocycles. The summed E-state index contributed by atoms with van der Waals surface area (Å²) >= 11 is 5.83. The summed E-state index contributed by atoms with van der Waals surface area (Å²) in [5.74, 6) is 0.517. The van der Waals surface area contributed by atoms with Gasteiger partial charge in [-0.1, -0.05) is 43.4 Å². The molecule has 152 valence electrons. The van der Waals surface area contributed by atoms with Crippen molar-refractivity contribution in [2.45, 2.75) is 57.0 Å². The van der Waals surface area contributed by atoms with E-state index in [4.69, 9.17) is 17.3 Å². The van der Waals surface area contributed by atoms with Gasteiger partial charge in [0.2, 0.25) is 0 Å². The lowest BCUT2D eigenvalue weighted by Gasteiger charge is -2.25. The van der Waals surface area contributed by atoms with Crippen LogP contribution in [-0.4, -0.2) is 37.0 Å². The Morgan fingerprint density at radius 1 is 1.26 bits per heavy atom. The van der Waals surface area contributed by atoms with Crippen LogP contribution in [0.4, 0.5) is 4.39 Å². The maximum absolute atomic E-state index is 13.9. The number of guanidine groups is 1. The van der Waals surface area contributed by atoms with Crippen molar-refractivity contribution in [3.8, 4) is 0 Å². The Balaban J connectivity index is 0.00000261. The van der Waals surface area contributed by atoms with Crippen LogP contribution in [0.15, 0.2) is 23.2 Å². The summed E-state index contributed by atoms with van der Waals surface area (Å²) in [6.45, 7) is 1.63. The Kier molecular flexibility index (Phi) is 9.08. The third-order valence-electron chi connectivity index (χ3n) is 5.76. The fourth-order valence-corrected chi connectivity index (χ4v) is 4.45. The monoisotopic (exact) mass is 508 g/mol. The molecule has 2 aliphatic rings. The standard InChI is InChI=1S/C20H30ClFN4.HI/c1-26-11-10-15(19(26)14-8-9-17(21)18(22)12-14)13-24-20(23)25-16-6-4-2-3-5-7-16;/h8-9,12,15-16,19H,2-7,10-11,13H2,1H3,(H3,23,24,25);1H. The molecule has 1 heterocycles.